The van der Waals surface area contributed by atoms with Crippen LogP contribution in [0, 0.1) is 0 Å². The Labute approximate surface area is 202 Å². The van der Waals surface area contributed by atoms with Gasteiger partial charge < -0.3 is 20.1 Å². The SMILES string of the molecule is CC(C)(C)c1cc(NC(=O)c2cccc(NC(=O)CC3SC(N4CCCCC4)=NC3=O)c2)no1. The molecule has 0 spiro atoms. The number of nitrogens with zero attached hydrogens (tertiary/aromatic N) is 3. The van der Waals surface area contributed by atoms with Gasteiger partial charge in [0.15, 0.2) is 11.0 Å². The molecule has 180 valence electrons. The molecule has 2 aromatic rings. The molecule has 1 aromatic carbocycles. The molecule has 0 bridgehead atoms. The van der Waals surface area contributed by atoms with E-state index in [1.54, 1.807) is 30.3 Å². The molecule has 1 aromatic heterocycles. The van der Waals surface area contributed by atoms with Crippen LogP contribution in [0.25, 0.3) is 0 Å². The van der Waals surface area contributed by atoms with E-state index in [1.807, 2.05) is 20.8 Å². The first-order valence-corrected chi connectivity index (χ1v) is 12.3. The highest BCUT2D eigenvalue weighted by atomic mass is 32.2. The highest BCUT2D eigenvalue weighted by Gasteiger charge is 2.33. The Bertz CT molecular complexity index is 1110. The van der Waals surface area contributed by atoms with Gasteiger partial charge in [0.1, 0.15) is 11.0 Å². The Hall–Kier alpha value is -3.14. The number of aromatic nitrogens is 1. The minimum atomic E-state index is -0.521. The zero-order chi connectivity index (χ0) is 24.3. The summed E-state index contributed by atoms with van der Waals surface area (Å²) in [6.45, 7) is 7.77. The maximum absolute atomic E-state index is 12.6. The molecule has 1 atom stereocenters. The first-order chi connectivity index (χ1) is 16.2. The van der Waals surface area contributed by atoms with Gasteiger partial charge in [-0.05, 0) is 37.5 Å². The van der Waals surface area contributed by atoms with E-state index in [0.29, 0.717) is 22.8 Å². The molecule has 1 fully saturated rings. The number of likely N-dealkylation sites (tertiary alicyclic amines) is 1. The normalized spacial score (nSPS) is 18.6. The molecule has 0 radical (unpaired) electrons. The van der Waals surface area contributed by atoms with Gasteiger partial charge in [0, 0.05) is 42.2 Å². The van der Waals surface area contributed by atoms with Gasteiger partial charge in [-0.1, -0.05) is 43.8 Å². The number of benzene rings is 1. The number of nitrogens with one attached hydrogen (secondary N) is 2. The van der Waals surface area contributed by atoms with Gasteiger partial charge in [0.2, 0.25) is 5.91 Å². The van der Waals surface area contributed by atoms with Crippen molar-refractivity contribution in [3.8, 4) is 0 Å². The lowest BCUT2D eigenvalue weighted by molar-refractivity contribution is -0.121. The van der Waals surface area contributed by atoms with Crippen molar-refractivity contribution in [2.24, 2.45) is 4.99 Å². The lowest BCUT2D eigenvalue weighted by atomic mass is 9.93. The lowest BCUT2D eigenvalue weighted by Crippen LogP contribution is -2.33. The predicted octanol–water partition coefficient (Wildman–Crippen LogP) is 4.04. The number of carbonyl (C=O) groups excluding carboxylic acids is 3. The van der Waals surface area contributed by atoms with Gasteiger partial charge in [-0.3, -0.25) is 14.4 Å². The smallest absolute Gasteiger partial charge is 0.262 e. The summed E-state index contributed by atoms with van der Waals surface area (Å²) < 4.78 is 5.30. The van der Waals surface area contributed by atoms with Crippen molar-refractivity contribution in [1.29, 1.82) is 0 Å². The van der Waals surface area contributed by atoms with Crippen molar-refractivity contribution in [2.75, 3.05) is 23.7 Å². The monoisotopic (exact) mass is 483 g/mol. The molecular formula is C24H29N5O4S. The molecule has 3 amide bonds. The maximum Gasteiger partial charge on any atom is 0.262 e. The number of amides is 3. The van der Waals surface area contributed by atoms with E-state index in [9.17, 15) is 14.4 Å². The van der Waals surface area contributed by atoms with E-state index >= 15 is 0 Å². The molecule has 2 aliphatic heterocycles. The van der Waals surface area contributed by atoms with Crippen LogP contribution in [0.3, 0.4) is 0 Å². The van der Waals surface area contributed by atoms with Gasteiger partial charge in [-0.25, -0.2) is 0 Å². The van der Waals surface area contributed by atoms with Crippen LogP contribution in [0.15, 0.2) is 39.8 Å². The Balaban J connectivity index is 1.32. The summed E-state index contributed by atoms with van der Waals surface area (Å²) in [6, 6.07) is 8.30. The molecule has 2 aliphatic rings. The Morgan fingerprint density at radius 1 is 1.15 bits per heavy atom. The van der Waals surface area contributed by atoms with Crippen molar-refractivity contribution in [3.05, 3.63) is 41.7 Å². The van der Waals surface area contributed by atoms with Crippen LogP contribution >= 0.6 is 11.8 Å². The minimum Gasteiger partial charge on any atom is -0.359 e. The van der Waals surface area contributed by atoms with E-state index in [0.717, 1.165) is 31.1 Å². The number of hydrogen-bond acceptors (Lipinski definition) is 7. The summed E-state index contributed by atoms with van der Waals surface area (Å²) in [5, 5.41) is 9.59. The second-order valence-corrected chi connectivity index (χ2v) is 10.7. The van der Waals surface area contributed by atoms with Crippen molar-refractivity contribution in [3.63, 3.8) is 0 Å². The zero-order valence-corrected chi connectivity index (χ0v) is 20.4. The van der Waals surface area contributed by atoms with Gasteiger partial charge in [-0.15, -0.1) is 0 Å². The predicted molar refractivity (Wildman–Crippen MR) is 132 cm³/mol. The van der Waals surface area contributed by atoms with Gasteiger partial charge in [0.25, 0.3) is 11.8 Å². The summed E-state index contributed by atoms with van der Waals surface area (Å²) in [5.41, 5.74) is 0.611. The van der Waals surface area contributed by atoms with Crippen LogP contribution < -0.4 is 10.6 Å². The molecule has 9 nitrogen and oxygen atoms in total. The molecule has 1 saturated heterocycles. The molecule has 2 N–H and O–H groups in total. The van der Waals surface area contributed by atoms with E-state index in [2.05, 4.69) is 25.7 Å². The van der Waals surface area contributed by atoms with Gasteiger partial charge in [-0.2, -0.15) is 4.99 Å². The fourth-order valence-corrected chi connectivity index (χ4v) is 4.84. The maximum atomic E-state index is 12.6. The zero-order valence-electron chi connectivity index (χ0n) is 19.6. The number of rotatable bonds is 5. The average molecular weight is 484 g/mol. The third kappa shape index (κ3) is 5.85. The third-order valence-electron chi connectivity index (χ3n) is 5.63. The molecule has 10 heteroatoms. The van der Waals surface area contributed by atoms with Crippen molar-refractivity contribution < 1.29 is 18.9 Å². The Kier molecular flexibility index (Phi) is 7.06. The summed E-state index contributed by atoms with van der Waals surface area (Å²) in [6.07, 6.45) is 3.41. The standard InChI is InChI=1S/C24H29N5O4S/c1-24(2,3)18-14-19(28-33-18)26-21(31)15-8-7-9-16(12-15)25-20(30)13-17-22(32)27-23(34-17)29-10-5-4-6-11-29/h7-9,12,14,17H,4-6,10-11,13H2,1-3H3,(H,25,30)(H,26,28,31). The fourth-order valence-electron chi connectivity index (χ4n) is 3.72. The van der Waals surface area contributed by atoms with E-state index < -0.39 is 5.25 Å². The molecule has 0 saturated carbocycles. The number of carbonyl (C=O) groups is 3. The Morgan fingerprint density at radius 3 is 2.62 bits per heavy atom. The van der Waals surface area contributed by atoms with Crippen molar-refractivity contribution in [1.82, 2.24) is 10.1 Å². The van der Waals surface area contributed by atoms with E-state index in [1.165, 1.54) is 18.2 Å². The van der Waals surface area contributed by atoms with Crippen LogP contribution in [-0.4, -0.2) is 51.3 Å². The number of aliphatic imine (C=N–C) groups is 1. The third-order valence-corrected chi connectivity index (χ3v) is 6.84. The number of hydrogen-bond donors (Lipinski definition) is 2. The van der Waals surface area contributed by atoms with Gasteiger partial charge in [0.05, 0.1) is 0 Å². The minimum absolute atomic E-state index is 0.0231. The summed E-state index contributed by atoms with van der Waals surface area (Å²) in [7, 11) is 0. The lowest BCUT2D eigenvalue weighted by Gasteiger charge is -2.27. The van der Waals surface area contributed by atoms with E-state index in [-0.39, 0.29) is 29.6 Å². The number of anilines is 2. The number of thioether (sulfide) groups is 1. The second kappa shape index (κ2) is 10.0. The van der Waals surface area contributed by atoms with E-state index in [4.69, 9.17) is 4.52 Å². The summed E-state index contributed by atoms with van der Waals surface area (Å²) in [4.78, 5) is 43.9. The van der Waals surface area contributed by atoms with Crippen LogP contribution in [0.4, 0.5) is 11.5 Å². The van der Waals surface area contributed by atoms with Crippen LogP contribution in [0.5, 0.6) is 0 Å². The largest absolute Gasteiger partial charge is 0.359 e. The number of amidine groups is 1. The van der Waals surface area contributed by atoms with Crippen molar-refractivity contribution >= 4 is 46.2 Å². The summed E-state index contributed by atoms with van der Waals surface area (Å²) in [5.74, 6) is 0.0491. The molecule has 34 heavy (non-hydrogen) atoms. The van der Waals surface area contributed by atoms with Crippen LogP contribution in [0.1, 0.15) is 62.6 Å². The van der Waals surface area contributed by atoms with Gasteiger partial charge >= 0.3 is 0 Å². The Morgan fingerprint density at radius 2 is 1.91 bits per heavy atom. The molecular weight excluding hydrogens is 454 g/mol. The molecule has 4 rings (SSSR count). The topological polar surface area (TPSA) is 117 Å². The molecule has 0 aliphatic carbocycles. The first kappa shape index (κ1) is 24.0. The molecule has 3 heterocycles. The average Bonchev–Trinajstić information content (AvgIpc) is 3.41. The fraction of sp³-hybridized carbons (Fsp3) is 0.458. The highest BCUT2D eigenvalue weighted by Crippen LogP contribution is 2.29. The summed E-state index contributed by atoms with van der Waals surface area (Å²) >= 11 is 1.36. The highest BCUT2D eigenvalue weighted by molar-refractivity contribution is 8.15. The van der Waals surface area contributed by atoms with Crippen LogP contribution in [0.2, 0.25) is 0 Å². The van der Waals surface area contributed by atoms with Crippen molar-refractivity contribution in [2.45, 2.75) is 57.1 Å². The molecule has 1 unspecified atom stereocenters. The van der Waals surface area contributed by atoms with Crippen LogP contribution in [-0.2, 0) is 15.0 Å². The second-order valence-electron chi connectivity index (χ2n) is 9.50. The number of piperidine rings is 1. The first-order valence-electron chi connectivity index (χ1n) is 11.4. The quantitative estimate of drug-likeness (QED) is 0.659.